The fraction of sp³-hybridized carbons (Fsp3) is 0.174. The summed E-state index contributed by atoms with van der Waals surface area (Å²) < 4.78 is 27.5. The summed E-state index contributed by atoms with van der Waals surface area (Å²) in [4.78, 5) is 12.6. The maximum Gasteiger partial charge on any atom is 0.261 e. The van der Waals surface area contributed by atoms with Crippen LogP contribution in [0.5, 0.6) is 0 Å². The van der Waals surface area contributed by atoms with Gasteiger partial charge in [0.2, 0.25) is 0 Å². The number of sulfonamides is 1. The molecule has 0 aliphatic rings. The third-order valence-corrected chi connectivity index (χ3v) is 6.74. The molecule has 1 amide bonds. The highest BCUT2D eigenvalue weighted by atomic mass is 35.5. The van der Waals surface area contributed by atoms with Gasteiger partial charge in [0.1, 0.15) is 0 Å². The van der Waals surface area contributed by atoms with Crippen molar-refractivity contribution >= 4 is 44.8 Å². The molecule has 0 radical (unpaired) electrons. The SMILES string of the molecule is Cc1ccc(S(=O)(=O)Nc2ccc(C(=O)NCCCc3ccccc3Cl)c(Cl)c2)cc1. The van der Waals surface area contributed by atoms with E-state index in [-0.39, 0.29) is 27.1 Å². The number of carbonyl (C=O) groups excluding carboxylic acids is 1. The maximum atomic E-state index is 12.5. The predicted molar refractivity (Wildman–Crippen MR) is 126 cm³/mol. The minimum absolute atomic E-state index is 0.148. The molecule has 162 valence electrons. The molecule has 0 aromatic heterocycles. The van der Waals surface area contributed by atoms with Gasteiger partial charge in [-0.25, -0.2) is 8.42 Å². The van der Waals surface area contributed by atoms with Crippen molar-refractivity contribution < 1.29 is 13.2 Å². The van der Waals surface area contributed by atoms with Crippen LogP contribution < -0.4 is 10.0 Å². The van der Waals surface area contributed by atoms with Gasteiger partial charge >= 0.3 is 0 Å². The van der Waals surface area contributed by atoms with Gasteiger partial charge in [-0.3, -0.25) is 9.52 Å². The van der Waals surface area contributed by atoms with Gasteiger partial charge in [-0.1, -0.05) is 59.1 Å². The largest absolute Gasteiger partial charge is 0.352 e. The van der Waals surface area contributed by atoms with Gasteiger partial charge in [0.15, 0.2) is 0 Å². The van der Waals surface area contributed by atoms with Crippen LogP contribution in [0.4, 0.5) is 5.69 Å². The second-order valence-electron chi connectivity index (χ2n) is 7.06. The van der Waals surface area contributed by atoms with Crippen LogP contribution in [0.2, 0.25) is 10.0 Å². The molecular formula is C23H22Cl2N2O3S. The zero-order valence-electron chi connectivity index (χ0n) is 16.9. The first kappa shape index (κ1) is 23.1. The van der Waals surface area contributed by atoms with Gasteiger partial charge in [0.05, 0.1) is 21.2 Å². The maximum absolute atomic E-state index is 12.5. The zero-order valence-corrected chi connectivity index (χ0v) is 19.2. The molecule has 0 atom stereocenters. The number of halogens is 2. The summed E-state index contributed by atoms with van der Waals surface area (Å²) in [5, 5.41) is 3.69. The quantitative estimate of drug-likeness (QED) is 0.423. The predicted octanol–water partition coefficient (Wildman–Crippen LogP) is 5.47. The van der Waals surface area contributed by atoms with Crippen LogP contribution in [0, 0.1) is 6.92 Å². The van der Waals surface area contributed by atoms with Crippen molar-refractivity contribution in [1.82, 2.24) is 5.32 Å². The third-order valence-electron chi connectivity index (χ3n) is 4.66. The Bertz CT molecular complexity index is 1180. The van der Waals surface area contributed by atoms with Crippen LogP contribution in [0.1, 0.15) is 27.9 Å². The first-order chi connectivity index (χ1) is 14.8. The van der Waals surface area contributed by atoms with Crippen molar-refractivity contribution in [2.45, 2.75) is 24.7 Å². The van der Waals surface area contributed by atoms with Crippen LogP contribution in [-0.2, 0) is 16.4 Å². The fourth-order valence-electron chi connectivity index (χ4n) is 2.97. The van der Waals surface area contributed by atoms with Crippen molar-refractivity contribution in [2.75, 3.05) is 11.3 Å². The average molecular weight is 477 g/mol. The number of carbonyl (C=O) groups is 1. The van der Waals surface area contributed by atoms with Gasteiger partial charge < -0.3 is 5.32 Å². The Balaban J connectivity index is 1.59. The molecule has 0 bridgehead atoms. The summed E-state index contributed by atoms with van der Waals surface area (Å²) in [5.41, 5.74) is 2.55. The molecule has 3 aromatic carbocycles. The van der Waals surface area contributed by atoms with Gasteiger partial charge in [-0.2, -0.15) is 0 Å². The molecule has 0 saturated heterocycles. The Morgan fingerprint density at radius 2 is 1.65 bits per heavy atom. The molecule has 0 saturated carbocycles. The fourth-order valence-corrected chi connectivity index (χ4v) is 4.52. The number of anilines is 1. The molecule has 0 unspecified atom stereocenters. The highest BCUT2D eigenvalue weighted by molar-refractivity contribution is 7.92. The summed E-state index contributed by atoms with van der Waals surface area (Å²) in [6, 6.07) is 18.5. The van der Waals surface area contributed by atoms with E-state index in [0.29, 0.717) is 11.6 Å². The van der Waals surface area contributed by atoms with Crippen LogP contribution >= 0.6 is 23.2 Å². The van der Waals surface area contributed by atoms with Gasteiger partial charge in [-0.15, -0.1) is 0 Å². The molecule has 31 heavy (non-hydrogen) atoms. The Morgan fingerprint density at radius 1 is 0.935 bits per heavy atom. The Labute approximate surface area is 192 Å². The van der Waals surface area contributed by atoms with E-state index in [1.807, 2.05) is 31.2 Å². The molecule has 2 N–H and O–H groups in total. The molecule has 0 fully saturated rings. The zero-order chi connectivity index (χ0) is 22.4. The normalized spacial score (nSPS) is 11.2. The van der Waals surface area contributed by atoms with Crippen molar-refractivity contribution in [1.29, 1.82) is 0 Å². The van der Waals surface area contributed by atoms with Gasteiger partial charge in [0, 0.05) is 11.6 Å². The second-order valence-corrected chi connectivity index (χ2v) is 9.56. The first-order valence-electron chi connectivity index (χ1n) is 9.67. The number of benzene rings is 3. The van der Waals surface area contributed by atoms with E-state index in [1.54, 1.807) is 12.1 Å². The summed E-state index contributed by atoms with van der Waals surface area (Å²) in [5.74, 6) is -0.322. The van der Waals surface area contributed by atoms with Crippen LogP contribution in [-0.4, -0.2) is 20.9 Å². The van der Waals surface area contributed by atoms with Crippen LogP contribution in [0.15, 0.2) is 71.6 Å². The highest BCUT2D eigenvalue weighted by Gasteiger charge is 2.16. The van der Waals surface area contributed by atoms with Crippen molar-refractivity contribution in [3.8, 4) is 0 Å². The number of rotatable bonds is 8. The monoisotopic (exact) mass is 476 g/mol. The lowest BCUT2D eigenvalue weighted by Crippen LogP contribution is -2.25. The summed E-state index contributed by atoms with van der Waals surface area (Å²) >= 11 is 12.4. The minimum Gasteiger partial charge on any atom is -0.352 e. The molecule has 0 aliphatic heterocycles. The van der Waals surface area contributed by atoms with Gasteiger partial charge in [0.25, 0.3) is 15.9 Å². The van der Waals surface area contributed by atoms with Crippen LogP contribution in [0.25, 0.3) is 0 Å². The van der Waals surface area contributed by atoms with E-state index in [0.717, 1.165) is 24.0 Å². The Hall–Kier alpha value is -2.54. The van der Waals surface area contributed by atoms with E-state index in [1.165, 1.54) is 30.3 Å². The molecule has 0 heterocycles. The molecular weight excluding hydrogens is 455 g/mol. The Morgan fingerprint density at radius 3 is 2.32 bits per heavy atom. The van der Waals surface area contributed by atoms with E-state index < -0.39 is 10.0 Å². The topological polar surface area (TPSA) is 75.3 Å². The average Bonchev–Trinajstić information content (AvgIpc) is 2.72. The van der Waals surface area contributed by atoms with E-state index in [2.05, 4.69) is 10.0 Å². The highest BCUT2D eigenvalue weighted by Crippen LogP contribution is 2.24. The second kappa shape index (κ2) is 10.2. The molecule has 5 nitrogen and oxygen atoms in total. The minimum atomic E-state index is -3.75. The first-order valence-corrected chi connectivity index (χ1v) is 11.9. The molecule has 8 heteroatoms. The number of aryl methyl sites for hydroxylation is 2. The number of hydrogen-bond donors (Lipinski definition) is 2. The van der Waals surface area contributed by atoms with E-state index in [9.17, 15) is 13.2 Å². The van der Waals surface area contributed by atoms with Gasteiger partial charge in [-0.05, 0) is 61.7 Å². The molecule has 3 rings (SSSR count). The Kier molecular flexibility index (Phi) is 7.59. The lowest BCUT2D eigenvalue weighted by molar-refractivity contribution is 0.0953. The van der Waals surface area contributed by atoms with E-state index >= 15 is 0 Å². The summed E-state index contributed by atoms with van der Waals surface area (Å²) in [6.07, 6.45) is 1.47. The van der Waals surface area contributed by atoms with Crippen molar-refractivity contribution in [3.05, 3.63) is 93.5 Å². The third kappa shape index (κ3) is 6.23. The summed E-state index contributed by atoms with van der Waals surface area (Å²) in [6.45, 7) is 2.34. The molecule has 0 spiro atoms. The van der Waals surface area contributed by atoms with E-state index in [4.69, 9.17) is 23.2 Å². The van der Waals surface area contributed by atoms with Crippen LogP contribution in [0.3, 0.4) is 0 Å². The number of nitrogens with one attached hydrogen (secondary N) is 2. The molecule has 3 aromatic rings. The lowest BCUT2D eigenvalue weighted by atomic mass is 10.1. The van der Waals surface area contributed by atoms with Crippen molar-refractivity contribution in [2.24, 2.45) is 0 Å². The smallest absolute Gasteiger partial charge is 0.261 e. The van der Waals surface area contributed by atoms with Crippen molar-refractivity contribution in [3.63, 3.8) is 0 Å². The number of hydrogen-bond acceptors (Lipinski definition) is 3. The standard InChI is InChI=1S/C23H22Cl2N2O3S/c1-16-8-11-19(12-9-16)31(29,30)27-18-10-13-20(22(25)15-18)23(28)26-14-4-6-17-5-2-3-7-21(17)24/h2-3,5,7-13,15,27H,4,6,14H2,1H3,(H,26,28). The lowest BCUT2D eigenvalue weighted by Gasteiger charge is -2.11. The number of amides is 1. The summed E-state index contributed by atoms with van der Waals surface area (Å²) in [7, 11) is -3.75. The molecule has 0 aliphatic carbocycles.